The van der Waals surface area contributed by atoms with Gasteiger partial charge in [-0.3, -0.25) is 9.78 Å². The van der Waals surface area contributed by atoms with Crippen molar-refractivity contribution in [2.45, 2.75) is 6.18 Å². The van der Waals surface area contributed by atoms with E-state index in [4.69, 9.17) is 0 Å². The number of alkyl halides is 3. The second-order valence-electron chi connectivity index (χ2n) is 4.16. The molecule has 0 atom stereocenters. The SMILES string of the molecule is O=C(NCC1CNC1)c1ccc(C(F)(F)F)nc1. The molecule has 7 heteroatoms. The Balaban J connectivity index is 1.93. The van der Waals surface area contributed by atoms with E-state index in [2.05, 4.69) is 15.6 Å². The Labute approximate surface area is 102 Å². The lowest BCUT2D eigenvalue weighted by molar-refractivity contribution is -0.141. The van der Waals surface area contributed by atoms with Gasteiger partial charge in [0, 0.05) is 31.7 Å². The first-order valence-electron chi connectivity index (χ1n) is 5.49. The summed E-state index contributed by atoms with van der Waals surface area (Å²) in [6.07, 6.45) is -3.54. The fourth-order valence-corrected chi connectivity index (χ4v) is 1.53. The van der Waals surface area contributed by atoms with Crippen LogP contribution < -0.4 is 10.6 Å². The molecule has 1 saturated heterocycles. The molecule has 2 heterocycles. The lowest BCUT2D eigenvalue weighted by atomic mass is 10.0. The van der Waals surface area contributed by atoms with Crippen molar-refractivity contribution in [3.63, 3.8) is 0 Å². The summed E-state index contributed by atoms with van der Waals surface area (Å²) < 4.78 is 36.8. The van der Waals surface area contributed by atoms with Gasteiger partial charge in [-0.2, -0.15) is 13.2 Å². The van der Waals surface area contributed by atoms with Crippen LogP contribution in [0.5, 0.6) is 0 Å². The van der Waals surface area contributed by atoms with Gasteiger partial charge in [0.25, 0.3) is 5.91 Å². The molecular weight excluding hydrogens is 247 g/mol. The molecule has 0 spiro atoms. The van der Waals surface area contributed by atoms with Gasteiger partial charge in [0.05, 0.1) is 5.56 Å². The fraction of sp³-hybridized carbons (Fsp3) is 0.455. The molecule has 0 saturated carbocycles. The number of halogens is 3. The van der Waals surface area contributed by atoms with Crippen LogP contribution in [0.4, 0.5) is 13.2 Å². The fourth-order valence-electron chi connectivity index (χ4n) is 1.53. The van der Waals surface area contributed by atoms with Gasteiger partial charge in [-0.15, -0.1) is 0 Å². The van der Waals surface area contributed by atoms with Crippen LogP contribution in [0.3, 0.4) is 0 Å². The number of nitrogens with zero attached hydrogens (tertiary/aromatic N) is 1. The van der Waals surface area contributed by atoms with Crippen LogP contribution in [0.1, 0.15) is 16.1 Å². The molecule has 1 aromatic heterocycles. The largest absolute Gasteiger partial charge is 0.433 e. The number of pyridine rings is 1. The van der Waals surface area contributed by atoms with Gasteiger partial charge in [0.15, 0.2) is 0 Å². The molecule has 1 fully saturated rings. The number of carbonyl (C=O) groups is 1. The van der Waals surface area contributed by atoms with Crippen molar-refractivity contribution in [3.8, 4) is 0 Å². The molecule has 1 aliphatic rings. The molecule has 1 aromatic rings. The molecule has 0 radical (unpaired) electrons. The summed E-state index contributed by atoms with van der Waals surface area (Å²) in [5, 5.41) is 5.72. The number of aromatic nitrogens is 1. The smallest absolute Gasteiger partial charge is 0.352 e. The second-order valence-corrected chi connectivity index (χ2v) is 4.16. The van der Waals surface area contributed by atoms with Crippen molar-refractivity contribution < 1.29 is 18.0 Å². The van der Waals surface area contributed by atoms with Crippen molar-refractivity contribution in [2.24, 2.45) is 5.92 Å². The van der Waals surface area contributed by atoms with Crippen molar-refractivity contribution in [1.82, 2.24) is 15.6 Å². The van der Waals surface area contributed by atoms with Crippen LogP contribution >= 0.6 is 0 Å². The highest BCUT2D eigenvalue weighted by Crippen LogP contribution is 2.27. The molecule has 0 unspecified atom stereocenters. The lowest BCUT2D eigenvalue weighted by Crippen LogP contribution is -2.48. The molecule has 2 rings (SSSR count). The van der Waals surface area contributed by atoms with E-state index in [1.807, 2.05) is 0 Å². The van der Waals surface area contributed by atoms with E-state index in [0.29, 0.717) is 12.5 Å². The Bertz CT molecular complexity index is 426. The topological polar surface area (TPSA) is 54.0 Å². The van der Waals surface area contributed by atoms with Gasteiger partial charge in [-0.05, 0) is 12.1 Å². The van der Waals surface area contributed by atoms with E-state index in [0.717, 1.165) is 31.4 Å². The first kappa shape index (κ1) is 12.8. The minimum absolute atomic E-state index is 0.135. The van der Waals surface area contributed by atoms with E-state index in [9.17, 15) is 18.0 Å². The van der Waals surface area contributed by atoms with Crippen molar-refractivity contribution in [3.05, 3.63) is 29.6 Å². The Hall–Kier alpha value is -1.63. The first-order chi connectivity index (χ1) is 8.47. The highest BCUT2D eigenvalue weighted by atomic mass is 19.4. The van der Waals surface area contributed by atoms with E-state index in [1.165, 1.54) is 0 Å². The number of carbonyl (C=O) groups excluding carboxylic acids is 1. The summed E-state index contributed by atoms with van der Waals surface area (Å²) >= 11 is 0. The second kappa shape index (κ2) is 4.93. The van der Waals surface area contributed by atoms with Gasteiger partial charge in [0.1, 0.15) is 5.69 Å². The normalized spacial score (nSPS) is 16.2. The third-order valence-electron chi connectivity index (χ3n) is 2.73. The molecule has 1 aliphatic heterocycles. The summed E-state index contributed by atoms with van der Waals surface area (Å²) in [5.41, 5.74) is -0.863. The summed E-state index contributed by atoms with van der Waals surface area (Å²) in [7, 11) is 0. The zero-order valence-corrected chi connectivity index (χ0v) is 9.42. The van der Waals surface area contributed by atoms with E-state index in [-0.39, 0.29) is 5.56 Å². The number of hydrogen-bond acceptors (Lipinski definition) is 3. The molecule has 98 valence electrons. The molecule has 0 aromatic carbocycles. The quantitative estimate of drug-likeness (QED) is 0.853. The van der Waals surface area contributed by atoms with Gasteiger partial charge in [0.2, 0.25) is 0 Å². The molecule has 18 heavy (non-hydrogen) atoms. The summed E-state index contributed by atoms with van der Waals surface area (Å²) in [6, 6.07) is 1.93. The van der Waals surface area contributed by atoms with Gasteiger partial charge in [-0.25, -0.2) is 0 Å². The Kier molecular flexibility index (Phi) is 3.51. The Morgan fingerprint density at radius 3 is 2.61 bits per heavy atom. The van der Waals surface area contributed by atoms with Crippen LogP contribution in [-0.2, 0) is 6.18 Å². The van der Waals surface area contributed by atoms with E-state index >= 15 is 0 Å². The predicted octanol–water partition coefficient (Wildman–Crippen LogP) is 1.05. The highest BCUT2D eigenvalue weighted by Gasteiger charge is 2.32. The lowest BCUT2D eigenvalue weighted by Gasteiger charge is -2.27. The monoisotopic (exact) mass is 259 g/mol. The molecule has 1 amide bonds. The minimum atomic E-state index is -4.48. The maximum atomic E-state index is 12.3. The van der Waals surface area contributed by atoms with Crippen LogP contribution in [-0.4, -0.2) is 30.5 Å². The number of nitrogens with one attached hydrogen (secondary N) is 2. The average molecular weight is 259 g/mol. The van der Waals surface area contributed by atoms with Crippen molar-refractivity contribution >= 4 is 5.91 Å². The third-order valence-corrected chi connectivity index (χ3v) is 2.73. The van der Waals surface area contributed by atoms with Gasteiger partial charge >= 0.3 is 6.18 Å². The molecule has 0 aliphatic carbocycles. The minimum Gasteiger partial charge on any atom is -0.352 e. The summed E-state index contributed by atoms with van der Waals surface area (Å²) in [6.45, 7) is 2.23. The summed E-state index contributed by atoms with van der Waals surface area (Å²) in [4.78, 5) is 14.8. The maximum Gasteiger partial charge on any atom is 0.433 e. The zero-order valence-electron chi connectivity index (χ0n) is 9.42. The third kappa shape index (κ3) is 2.98. The van der Waals surface area contributed by atoms with Gasteiger partial charge in [-0.1, -0.05) is 0 Å². The zero-order chi connectivity index (χ0) is 13.2. The highest BCUT2D eigenvalue weighted by molar-refractivity contribution is 5.93. The van der Waals surface area contributed by atoms with Crippen LogP contribution in [0.2, 0.25) is 0 Å². The van der Waals surface area contributed by atoms with Gasteiger partial charge < -0.3 is 10.6 Å². The van der Waals surface area contributed by atoms with E-state index in [1.54, 1.807) is 0 Å². The van der Waals surface area contributed by atoms with Crippen molar-refractivity contribution in [1.29, 1.82) is 0 Å². The molecule has 2 N–H and O–H groups in total. The van der Waals surface area contributed by atoms with Crippen LogP contribution in [0.25, 0.3) is 0 Å². The number of hydrogen-bond donors (Lipinski definition) is 2. The predicted molar refractivity (Wildman–Crippen MR) is 57.9 cm³/mol. The number of rotatable bonds is 3. The molecular formula is C11H12F3N3O. The average Bonchev–Trinajstić information content (AvgIpc) is 2.26. The van der Waals surface area contributed by atoms with Crippen LogP contribution in [0.15, 0.2) is 18.3 Å². The van der Waals surface area contributed by atoms with E-state index < -0.39 is 17.8 Å². The maximum absolute atomic E-state index is 12.3. The molecule has 0 bridgehead atoms. The number of amides is 1. The molecule has 4 nitrogen and oxygen atoms in total. The first-order valence-corrected chi connectivity index (χ1v) is 5.49. The Morgan fingerprint density at radius 1 is 1.44 bits per heavy atom. The Morgan fingerprint density at radius 2 is 2.17 bits per heavy atom. The van der Waals surface area contributed by atoms with Crippen molar-refractivity contribution in [2.75, 3.05) is 19.6 Å². The van der Waals surface area contributed by atoms with Crippen LogP contribution in [0, 0.1) is 5.92 Å². The summed E-state index contributed by atoms with van der Waals surface area (Å²) in [5.74, 6) is -0.000480. The standard InChI is InChI=1S/C11H12F3N3O/c12-11(13,14)9-2-1-8(6-16-9)10(18)17-5-7-3-15-4-7/h1-2,6-7,15H,3-5H2,(H,17,18).